The lowest BCUT2D eigenvalue weighted by Crippen LogP contribution is -2.39. The van der Waals surface area contributed by atoms with E-state index in [4.69, 9.17) is 0 Å². The van der Waals surface area contributed by atoms with Gasteiger partial charge in [0.25, 0.3) is 0 Å². The molecular weight excluding hydrogens is 162 g/mol. The van der Waals surface area contributed by atoms with Gasteiger partial charge in [-0.2, -0.15) is 0 Å². The largest absolute Gasteiger partial charge is 0.392 e. The van der Waals surface area contributed by atoms with Crippen LogP contribution >= 0.6 is 0 Å². The first-order valence-electron chi connectivity index (χ1n) is 5.53. The Morgan fingerprint density at radius 1 is 1.31 bits per heavy atom. The summed E-state index contributed by atoms with van der Waals surface area (Å²) in [7, 11) is 0. The molecule has 1 aliphatic carbocycles. The Kier molecular flexibility index (Phi) is 2.37. The maximum atomic E-state index is 10.1. The van der Waals surface area contributed by atoms with Crippen LogP contribution in [0.5, 0.6) is 0 Å². The van der Waals surface area contributed by atoms with Gasteiger partial charge in [0.1, 0.15) is 0 Å². The van der Waals surface area contributed by atoms with Crippen molar-refractivity contribution in [2.24, 2.45) is 11.3 Å². The molecule has 1 aliphatic heterocycles. The fraction of sp³-hybridized carbons (Fsp3) is 1.00. The zero-order valence-corrected chi connectivity index (χ0v) is 8.71. The lowest BCUT2D eigenvalue weighted by molar-refractivity contribution is 0.0355. The summed E-state index contributed by atoms with van der Waals surface area (Å²) in [5.41, 5.74) is 0.148. The van der Waals surface area contributed by atoms with E-state index in [0.29, 0.717) is 12.0 Å². The molecule has 3 atom stereocenters. The highest BCUT2D eigenvalue weighted by Gasteiger charge is 2.44. The molecule has 1 saturated carbocycles. The number of hydrogen-bond donors (Lipinski definition) is 2. The summed E-state index contributed by atoms with van der Waals surface area (Å²) in [6, 6.07) is 0.594. The highest BCUT2D eigenvalue weighted by Crippen LogP contribution is 2.43. The van der Waals surface area contributed by atoms with Gasteiger partial charge in [0.05, 0.1) is 6.10 Å². The molecular formula is C11H21NO. The van der Waals surface area contributed by atoms with Crippen molar-refractivity contribution >= 4 is 0 Å². The molecule has 1 saturated heterocycles. The summed E-state index contributed by atoms with van der Waals surface area (Å²) >= 11 is 0. The van der Waals surface area contributed by atoms with Crippen molar-refractivity contribution in [1.29, 1.82) is 0 Å². The normalized spacial score (nSPS) is 44.1. The fourth-order valence-electron chi connectivity index (χ4n) is 2.92. The smallest absolute Gasteiger partial charge is 0.0634 e. The molecule has 76 valence electrons. The van der Waals surface area contributed by atoms with Crippen LogP contribution < -0.4 is 5.32 Å². The zero-order chi connectivity index (χ0) is 9.47. The molecule has 0 spiro atoms. The molecule has 0 aromatic heterocycles. The van der Waals surface area contributed by atoms with E-state index >= 15 is 0 Å². The molecule has 1 heterocycles. The van der Waals surface area contributed by atoms with Crippen LogP contribution in [0.2, 0.25) is 0 Å². The molecule has 2 aliphatic rings. The first-order valence-corrected chi connectivity index (χ1v) is 5.53. The van der Waals surface area contributed by atoms with Crippen molar-refractivity contribution in [1.82, 2.24) is 5.32 Å². The predicted octanol–water partition coefficient (Wildman–Crippen LogP) is 1.54. The minimum atomic E-state index is -0.0944. The highest BCUT2D eigenvalue weighted by molar-refractivity contribution is 4.97. The van der Waals surface area contributed by atoms with Crippen molar-refractivity contribution in [3.63, 3.8) is 0 Å². The van der Waals surface area contributed by atoms with E-state index in [-0.39, 0.29) is 11.5 Å². The Bertz CT molecular complexity index is 185. The number of nitrogens with one attached hydrogen (secondary N) is 1. The van der Waals surface area contributed by atoms with Gasteiger partial charge in [-0.1, -0.05) is 13.8 Å². The molecule has 3 unspecified atom stereocenters. The van der Waals surface area contributed by atoms with E-state index in [0.717, 1.165) is 6.54 Å². The van der Waals surface area contributed by atoms with Crippen LogP contribution in [-0.2, 0) is 0 Å². The summed E-state index contributed by atoms with van der Waals surface area (Å²) in [6.07, 6.45) is 4.83. The maximum Gasteiger partial charge on any atom is 0.0634 e. The first kappa shape index (κ1) is 9.47. The van der Waals surface area contributed by atoms with Gasteiger partial charge in [0.2, 0.25) is 0 Å². The summed E-state index contributed by atoms with van der Waals surface area (Å²) in [6.45, 7) is 5.52. The van der Waals surface area contributed by atoms with Crippen molar-refractivity contribution in [2.75, 3.05) is 6.54 Å². The van der Waals surface area contributed by atoms with Gasteiger partial charge in [-0.25, -0.2) is 0 Å². The molecule has 0 aromatic carbocycles. The van der Waals surface area contributed by atoms with Crippen LogP contribution in [0.1, 0.15) is 39.5 Å². The Morgan fingerprint density at radius 2 is 2.08 bits per heavy atom. The quantitative estimate of drug-likeness (QED) is 0.646. The molecule has 2 fully saturated rings. The SMILES string of the molecule is CC1(C)CCC(C2CCCN2)C1O. The van der Waals surface area contributed by atoms with E-state index < -0.39 is 0 Å². The molecule has 0 radical (unpaired) electrons. The van der Waals surface area contributed by atoms with Crippen LogP contribution in [-0.4, -0.2) is 23.8 Å². The third kappa shape index (κ3) is 1.62. The van der Waals surface area contributed by atoms with Gasteiger partial charge in [-0.15, -0.1) is 0 Å². The average Bonchev–Trinajstić information content (AvgIpc) is 2.63. The molecule has 2 rings (SSSR count). The van der Waals surface area contributed by atoms with Crippen molar-refractivity contribution in [2.45, 2.75) is 51.7 Å². The number of rotatable bonds is 1. The number of aliphatic hydroxyl groups is 1. The lowest BCUT2D eigenvalue weighted by Gasteiger charge is -2.28. The third-order valence-corrected chi connectivity index (χ3v) is 3.94. The maximum absolute atomic E-state index is 10.1. The third-order valence-electron chi connectivity index (χ3n) is 3.94. The zero-order valence-electron chi connectivity index (χ0n) is 8.71. The Hall–Kier alpha value is -0.0800. The van der Waals surface area contributed by atoms with Gasteiger partial charge in [-0.3, -0.25) is 0 Å². The molecule has 0 aromatic rings. The Labute approximate surface area is 80.7 Å². The topological polar surface area (TPSA) is 32.3 Å². The van der Waals surface area contributed by atoms with E-state index in [1.807, 2.05) is 0 Å². The molecule has 2 nitrogen and oxygen atoms in total. The fourth-order valence-corrected chi connectivity index (χ4v) is 2.92. The summed E-state index contributed by atoms with van der Waals surface area (Å²) < 4.78 is 0. The standard InChI is InChI=1S/C11H21NO/c1-11(2)6-5-8(10(11)13)9-4-3-7-12-9/h8-10,12-13H,3-7H2,1-2H3. The molecule has 2 heteroatoms. The second kappa shape index (κ2) is 3.25. The Balaban J connectivity index is 2.01. The molecule has 13 heavy (non-hydrogen) atoms. The molecule has 0 bridgehead atoms. The van der Waals surface area contributed by atoms with Crippen LogP contribution in [0, 0.1) is 11.3 Å². The van der Waals surface area contributed by atoms with Gasteiger partial charge < -0.3 is 10.4 Å². The van der Waals surface area contributed by atoms with E-state index in [2.05, 4.69) is 19.2 Å². The van der Waals surface area contributed by atoms with Crippen molar-refractivity contribution < 1.29 is 5.11 Å². The van der Waals surface area contributed by atoms with Crippen molar-refractivity contribution in [3.8, 4) is 0 Å². The number of aliphatic hydroxyl groups excluding tert-OH is 1. The van der Waals surface area contributed by atoms with E-state index in [1.54, 1.807) is 0 Å². The van der Waals surface area contributed by atoms with Crippen LogP contribution in [0.4, 0.5) is 0 Å². The van der Waals surface area contributed by atoms with Crippen LogP contribution in [0.15, 0.2) is 0 Å². The van der Waals surface area contributed by atoms with Gasteiger partial charge in [0.15, 0.2) is 0 Å². The lowest BCUT2D eigenvalue weighted by atomic mass is 9.85. The summed E-state index contributed by atoms with van der Waals surface area (Å²) in [5.74, 6) is 0.512. The highest BCUT2D eigenvalue weighted by atomic mass is 16.3. The first-order chi connectivity index (χ1) is 6.11. The molecule has 2 N–H and O–H groups in total. The minimum absolute atomic E-state index is 0.0944. The van der Waals surface area contributed by atoms with E-state index in [1.165, 1.54) is 25.7 Å². The van der Waals surface area contributed by atoms with Gasteiger partial charge >= 0.3 is 0 Å². The molecule has 0 amide bonds. The minimum Gasteiger partial charge on any atom is -0.392 e. The average molecular weight is 183 g/mol. The van der Waals surface area contributed by atoms with Gasteiger partial charge in [0, 0.05) is 12.0 Å². The van der Waals surface area contributed by atoms with E-state index in [9.17, 15) is 5.11 Å². The Morgan fingerprint density at radius 3 is 2.54 bits per heavy atom. The summed E-state index contributed by atoms with van der Waals surface area (Å²) in [4.78, 5) is 0. The number of hydrogen-bond acceptors (Lipinski definition) is 2. The predicted molar refractivity (Wildman–Crippen MR) is 53.5 cm³/mol. The van der Waals surface area contributed by atoms with Gasteiger partial charge in [-0.05, 0) is 37.6 Å². The van der Waals surface area contributed by atoms with Crippen LogP contribution in [0.25, 0.3) is 0 Å². The van der Waals surface area contributed by atoms with Crippen molar-refractivity contribution in [3.05, 3.63) is 0 Å². The van der Waals surface area contributed by atoms with Crippen LogP contribution in [0.3, 0.4) is 0 Å². The summed E-state index contributed by atoms with van der Waals surface area (Å²) in [5, 5.41) is 13.6. The second-order valence-corrected chi connectivity index (χ2v) is 5.34. The monoisotopic (exact) mass is 183 g/mol. The second-order valence-electron chi connectivity index (χ2n) is 5.34.